The molecular weight excluding hydrogens is 274 g/mol. The summed E-state index contributed by atoms with van der Waals surface area (Å²) in [6.07, 6.45) is 0.361. The minimum atomic E-state index is -1.16. The van der Waals surface area contributed by atoms with E-state index in [1.807, 2.05) is 0 Å². The molecule has 0 unspecified atom stereocenters. The van der Waals surface area contributed by atoms with Gasteiger partial charge in [-0.2, -0.15) is 0 Å². The maximum atomic E-state index is 11.9. The molecule has 0 aromatic heterocycles. The van der Waals surface area contributed by atoms with Gasteiger partial charge in [0.25, 0.3) is 0 Å². The first kappa shape index (κ1) is 15.0. The summed E-state index contributed by atoms with van der Waals surface area (Å²) in [4.78, 5) is 34.1. The van der Waals surface area contributed by atoms with Crippen LogP contribution in [0.3, 0.4) is 0 Å². The number of nitrogens with one attached hydrogen (secondary N) is 3. The Morgan fingerprint density at radius 1 is 1.29 bits per heavy atom. The van der Waals surface area contributed by atoms with Gasteiger partial charge in [0.15, 0.2) is 0 Å². The van der Waals surface area contributed by atoms with Crippen LogP contribution in [0.2, 0.25) is 0 Å². The number of benzene rings is 1. The van der Waals surface area contributed by atoms with Gasteiger partial charge in [-0.15, -0.1) is 0 Å². The molecule has 0 spiro atoms. The molecule has 7 heteroatoms. The number of carboxylic acids is 1. The molecule has 1 saturated heterocycles. The lowest BCUT2D eigenvalue weighted by molar-refractivity contribution is -0.117. The minimum absolute atomic E-state index is 0.0543. The Labute approximate surface area is 121 Å². The van der Waals surface area contributed by atoms with Crippen molar-refractivity contribution in [2.45, 2.75) is 13.3 Å². The van der Waals surface area contributed by atoms with E-state index in [1.165, 1.54) is 19.1 Å². The molecule has 2 rings (SSSR count). The lowest BCUT2D eigenvalue weighted by Crippen LogP contribution is -2.43. The number of carboxylic acid groups (broad SMARTS) is 1. The lowest BCUT2D eigenvalue weighted by atomic mass is 9.99. The van der Waals surface area contributed by atoms with Gasteiger partial charge in [-0.3, -0.25) is 9.59 Å². The number of carbonyl (C=O) groups is 3. The molecular formula is C14H17N3O4. The fraction of sp³-hybridized carbons (Fsp3) is 0.357. The van der Waals surface area contributed by atoms with Gasteiger partial charge in [0.05, 0.1) is 11.3 Å². The van der Waals surface area contributed by atoms with Gasteiger partial charge < -0.3 is 21.1 Å². The van der Waals surface area contributed by atoms with E-state index < -0.39 is 5.97 Å². The predicted molar refractivity (Wildman–Crippen MR) is 77.3 cm³/mol. The van der Waals surface area contributed by atoms with Crippen molar-refractivity contribution in [1.29, 1.82) is 0 Å². The van der Waals surface area contributed by atoms with Crippen molar-refractivity contribution in [1.82, 2.24) is 5.32 Å². The number of hydrogen-bond donors (Lipinski definition) is 4. The first-order valence-electron chi connectivity index (χ1n) is 6.61. The molecule has 0 radical (unpaired) electrons. The zero-order valence-electron chi connectivity index (χ0n) is 11.6. The number of carbonyl (C=O) groups excluding carboxylic acids is 2. The molecule has 7 nitrogen and oxygen atoms in total. The van der Waals surface area contributed by atoms with Crippen molar-refractivity contribution in [2.24, 2.45) is 5.92 Å². The molecule has 21 heavy (non-hydrogen) atoms. The van der Waals surface area contributed by atoms with E-state index in [0.717, 1.165) is 13.1 Å². The summed E-state index contributed by atoms with van der Waals surface area (Å²) in [5.74, 6) is -1.36. The van der Waals surface area contributed by atoms with Crippen LogP contribution < -0.4 is 16.0 Å². The van der Waals surface area contributed by atoms with E-state index in [9.17, 15) is 19.5 Å². The van der Waals surface area contributed by atoms with E-state index in [-0.39, 0.29) is 23.1 Å². The number of hydrogen-bond acceptors (Lipinski definition) is 4. The van der Waals surface area contributed by atoms with E-state index >= 15 is 0 Å². The fourth-order valence-corrected chi connectivity index (χ4v) is 2.07. The normalized spacial score (nSPS) is 14.1. The summed E-state index contributed by atoms with van der Waals surface area (Å²) in [6.45, 7) is 2.95. The van der Waals surface area contributed by atoms with Crippen LogP contribution in [-0.2, 0) is 9.59 Å². The van der Waals surface area contributed by atoms with Gasteiger partial charge in [0, 0.05) is 19.0 Å². The SMILES string of the molecule is CC(=O)Nc1ccc(NC(=O)CC2CNC2)c(C(=O)O)c1. The lowest BCUT2D eigenvalue weighted by Gasteiger charge is -2.26. The van der Waals surface area contributed by atoms with Crippen molar-refractivity contribution in [2.75, 3.05) is 23.7 Å². The van der Waals surface area contributed by atoms with Crippen molar-refractivity contribution in [3.05, 3.63) is 23.8 Å². The highest BCUT2D eigenvalue weighted by Gasteiger charge is 2.21. The smallest absolute Gasteiger partial charge is 0.337 e. The fourth-order valence-electron chi connectivity index (χ4n) is 2.07. The Kier molecular flexibility index (Phi) is 4.54. The summed E-state index contributed by atoms with van der Waals surface area (Å²) >= 11 is 0. The van der Waals surface area contributed by atoms with Crippen LogP contribution in [0.1, 0.15) is 23.7 Å². The van der Waals surface area contributed by atoms with Gasteiger partial charge in [0.1, 0.15) is 0 Å². The maximum Gasteiger partial charge on any atom is 0.337 e. The van der Waals surface area contributed by atoms with Crippen molar-refractivity contribution < 1.29 is 19.5 Å². The van der Waals surface area contributed by atoms with Gasteiger partial charge in [-0.25, -0.2) is 4.79 Å². The van der Waals surface area contributed by atoms with Crippen LogP contribution in [0.5, 0.6) is 0 Å². The van der Waals surface area contributed by atoms with Crippen LogP contribution in [0.4, 0.5) is 11.4 Å². The van der Waals surface area contributed by atoms with Crippen molar-refractivity contribution in [3.63, 3.8) is 0 Å². The first-order valence-corrected chi connectivity index (χ1v) is 6.61. The summed E-state index contributed by atoms with van der Waals surface area (Å²) in [5, 5.41) is 17.4. The molecule has 0 saturated carbocycles. The molecule has 2 amide bonds. The van der Waals surface area contributed by atoms with Crippen LogP contribution in [-0.4, -0.2) is 36.0 Å². The predicted octanol–water partition coefficient (Wildman–Crippen LogP) is 0.891. The molecule has 112 valence electrons. The van der Waals surface area contributed by atoms with E-state index in [2.05, 4.69) is 16.0 Å². The third kappa shape index (κ3) is 4.03. The number of rotatable bonds is 5. The molecule has 1 aliphatic rings. The summed E-state index contributed by atoms with van der Waals surface area (Å²) in [6, 6.07) is 4.35. The Balaban J connectivity index is 2.11. The topological polar surface area (TPSA) is 108 Å². The minimum Gasteiger partial charge on any atom is -0.478 e. The van der Waals surface area contributed by atoms with Gasteiger partial charge in [0.2, 0.25) is 11.8 Å². The largest absolute Gasteiger partial charge is 0.478 e. The highest BCUT2D eigenvalue weighted by Crippen LogP contribution is 2.22. The third-order valence-corrected chi connectivity index (χ3v) is 3.18. The van der Waals surface area contributed by atoms with Crippen LogP contribution >= 0.6 is 0 Å². The molecule has 1 aliphatic heterocycles. The molecule has 1 aromatic carbocycles. The summed E-state index contributed by atoms with van der Waals surface area (Å²) < 4.78 is 0. The quantitative estimate of drug-likeness (QED) is 0.644. The van der Waals surface area contributed by atoms with Gasteiger partial charge in [-0.1, -0.05) is 0 Å². The molecule has 0 bridgehead atoms. The summed E-state index contributed by atoms with van der Waals surface area (Å²) in [7, 11) is 0. The highest BCUT2D eigenvalue weighted by atomic mass is 16.4. The van der Waals surface area contributed by atoms with Crippen LogP contribution in [0.15, 0.2) is 18.2 Å². The Hall–Kier alpha value is -2.41. The molecule has 0 atom stereocenters. The van der Waals surface area contributed by atoms with Crippen LogP contribution in [0.25, 0.3) is 0 Å². The van der Waals surface area contributed by atoms with Crippen molar-refractivity contribution >= 4 is 29.2 Å². The van der Waals surface area contributed by atoms with Crippen molar-refractivity contribution in [3.8, 4) is 0 Å². The first-order chi connectivity index (χ1) is 9.95. The van der Waals surface area contributed by atoms with E-state index in [1.54, 1.807) is 6.07 Å². The van der Waals surface area contributed by atoms with Gasteiger partial charge in [-0.05, 0) is 37.2 Å². The van der Waals surface area contributed by atoms with E-state index in [0.29, 0.717) is 18.0 Å². The second-order valence-electron chi connectivity index (χ2n) is 5.02. The average molecular weight is 291 g/mol. The molecule has 0 aliphatic carbocycles. The standard InChI is InChI=1S/C14H17N3O4/c1-8(18)16-10-2-3-12(11(5-10)14(20)21)17-13(19)4-9-6-15-7-9/h2-3,5,9,15H,4,6-7H2,1H3,(H,16,18)(H,17,19)(H,20,21). The Bertz CT molecular complexity index is 582. The van der Waals surface area contributed by atoms with Crippen LogP contribution in [0, 0.1) is 5.92 Å². The van der Waals surface area contributed by atoms with E-state index in [4.69, 9.17) is 0 Å². The molecule has 1 aromatic rings. The van der Waals surface area contributed by atoms with Gasteiger partial charge >= 0.3 is 5.97 Å². The highest BCUT2D eigenvalue weighted by molar-refractivity contribution is 6.02. The zero-order chi connectivity index (χ0) is 15.4. The number of aromatic carboxylic acids is 1. The average Bonchev–Trinajstić information content (AvgIpc) is 2.35. The maximum absolute atomic E-state index is 11.9. The number of anilines is 2. The summed E-state index contributed by atoms with van der Waals surface area (Å²) in [5.41, 5.74) is 0.552. The Morgan fingerprint density at radius 3 is 2.52 bits per heavy atom. The monoisotopic (exact) mass is 291 g/mol. The molecule has 4 N–H and O–H groups in total. The Morgan fingerprint density at radius 2 is 2.00 bits per heavy atom. The third-order valence-electron chi connectivity index (χ3n) is 3.18. The zero-order valence-corrected chi connectivity index (χ0v) is 11.6. The molecule has 1 heterocycles. The second-order valence-corrected chi connectivity index (χ2v) is 5.02. The molecule has 1 fully saturated rings. The second kappa shape index (κ2) is 6.36. The number of amides is 2.